The molecular weight excluding hydrogens is 376 g/mol. The maximum absolute atomic E-state index is 6.30. The maximum Gasteiger partial charge on any atom is 0.272 e. The molecule has 2 aromatic carbocycles. The Morgan fingerprint density at radius 1 is 0.571 bits per heavy atom. The van der Waals surface area contributed by atoms with Crippen molar-refractivity contribution in [2.75, 3.05) is 13.2 Å². The van der Waals surface area contributed by atoms with E-state index in [4.69, 9.17) is 8.85 Å². The zero-order valence-corrected chi connectivity index (χ0v) is 18.6. The number of hydrogen-bond acceptors (Lipinski definition) is 2. The van der Waals surface area contributed by atoms with Gasteiger partial charge >= 0.3 is 0 Å². The van der Waals surface area contributed by atoms with Crippen molar-refractivity contribution in [3.63, 3.8) is 0 Å². The molecule has 0 saturated heterocycles. The van der Waals surface area contributed by atoms with Gasteiger partial charge in [0.25, 0.3) is 16.6 Å². The van der Waals surface area contributed by atoms with Gasteiger partial charge in [-0.15, -0.1) is 26.3 Å². The fourth-order valence-corrected chi connectivity index (χ4v) is 7.60. The molecule has 0 radical (unpaired) electrons. The minimum atomic E-state index is -2.32. The van der Waals surface area contributed by atoms with Gasteiger partial charge in [-0.25, -0.2) is 0 Å². The Balaban J connectivity index is 1.88. The average Bonchev–Trinajstić information content (AvgIpc) is 2.78. The third-order valence-electron chi connectivity index (χ3n) is 4.88. The molecule has 2 rings (SSSR count). The summed E-state index contributed by atoms with van der Waals surface area (Å²) in [5.41, 5.74) is 7.76. The molecule has 28 heavy (non-hydrogen) atoms. The highest BCUT2D eigenvalue weighted by Gasteiger charge is 2.31. The largest absolute Gasteiger partial charge is 0.405 e. The number of benzene rings is 2. The molecule has 0 N–H and O–H groups in total. The van der Waals surface area contributed by atoms with E-state index in [1.165, 1.54) is 10.4 Å². The molecule has 0 spiro atoms. The van der Waals surface area contributed by atoms with Crippen LogP contribution in [0.2, 0.25) is 0 Å². The summed E-state index contributed by atoms with van der Waals surface area (Å²) in [4.78, 5) is 0. The predicted octanol–water partition coefficient (Wildman–Crippen LogP) is 4.41. The van der Waals surface area contributed by atoms with Gasteiger partial charge in [-0.1, -0.05) is 83.5 Å². The third-order valence-corrected chi connectivity index (χ3v) is 11.1. The second-order valence-corrected chi connectivity index (χ2v) is 13.1. The molecule has 2 nitrogen and oxygen atoms in total. The SMILES string of the molecule is C=C[Si](C=C)(OCCCCO[Si](C=C)(C=C)c1ccccc1)c1ccccc1. The zero-order chi connectivity index (χ0) is 20.3. The second kappa shape index (κ2) is 10.9. The summed E-state index contributed by atoms with van der Waals surface area (Å²) >= 11 is 0. The van der Waals surface area contributed by atoms with Crippen LogP contribution in [0, 0.1) is 0 Å². The predicted molar refractivity (Wildman–Crippen MR) is 126 cm³/mol. The highest BCUT2D eigenvalue weighted by Crippen LogP contribution is 2.12. The molecule has 146 valence electrons. The lowest BCUT2D eigenvalue weighted by atomic mass is 10.3. The van der Waals surface area contributed by atoms with Crippen molar-refractivity contribution in [2.45, 2.75) is 12.8 Å². The van der Waals surface area contributed by atoms with E-state index in [9.17, 15) is 0 Å². The van der Waals surface area contributed by atoms with Crippen LogP contribution >= 0.6 is 0 Å². The molecule has 0 atom stereocenters. The smallest absolute Gasteiger partial charge is 0.272 e. The molecule has 0 aliphatic carbocycles. The van der Waals surface area contributed by atoms with Gasteiger partial charge in [-0.3, -0.25) is 0 Å². The van der Waals surface area contributed by atoms with E-state index in [-0.39, 0.29) is 0 Å². The molecule has 0 fully saturated rings. The molecule has 0 unspecified atom stereocenters. The van der Waals surface area contributed by atoms with Gasteiger partial charge in [0.05, 0.1) is 0 Å². The quantitative estimate of drug-likeness (QED) is 0.362. The minimum Gasteiger partial charge on any atom is -0.405 e. The maximum atomic E-state index is 6.30. The summed E-state index contributed by atoms with van der Waals surface area (Å²) in [7, 11) is -4.64. The average molecular weight is 407 g/mol. The number of hydrogen-bond donors (Lipinski definition) is 0. The molecule has 0 bridgehead atoms. The van der Waals surface area contributed by atoms with Crippen molar-refractivity contribution in [1.29, 1.82) is 0 Å². The van der Waals surface area contributed by atoms with E-state index in [0.29, 0.717) is 13.2 Å². The lowest BCUT2D eigenvalue weighted by molar-refractivity contribution is 0.268. The Bertz CT molecular complexity index is 688. The number of rotatable bonds is 13. The summed E-state index contributed by atoms with van der Waals surface area (Å²) in [6.07, 6.45) is 1.83. The Hall–Kier alpha value is -2.25. The van der Waals surface area contributed by atoms with Crippen LogP contribution in [0.3, 0.4) is 0 Å². The monoisotopic (exact) mass is 406 g/mol. The standard InChI is InChI=1S/C24H30O2Si2/c1-5-27(6-2,23-17-11-9-12-18-23)25-21-15-16-22-26-28(7-3,8-4)24-19-13-10-14-20-24/h5-14,17-20H,1-4,15-16,21-22H2. The van der Waals surface area contributed by atoms with Crippen LogP contribution in [0.4, 0.5) is 0 Å². The first-order valence-corrected chi connectivity index (χ1v) is 13.7. The van der Waals surface area contributed by atoms with Gasteiger partial charge < -0.3 is 8.85 Å². The highest BCUT2D eigenvalue weighted by atomic mass is 28.4. The Kier molecular flexibility index (Phi) is 8.60. The van der Waals surface area contributed by atoms with Crippen molar-refractivity contribution >= 4 is 27.0 Å². The van der Waals surface area contributed by atoms with E-state index in [1.54, 1.807) is 0 Å². The van der Waals surface area contributed by atoms with E-state index in [2.05, 4.69) is 50.6 Å². The van der Waals surface area contributed by atoms with Crippen LogP contribution in [-0.4, -0.2) is 29.8 Å². The minimum absolute atomic E-state index is 0.657. The first-order valence-electron chi connectivity index (χ1n) is 9.59. The van der Waals surface area contributed by atoms with Crippen LogP contribution < -0.4 is 10.4 Å². The van der Waals surface area contributed by atoms with Crippen molar-refractivity contribution in [2.24, 2.45) is 0 Å². The third kappa shape index (κ3) is 5.17. The van der Waals surface area contributed by atoms with Gasteiger partial charge in [0.2, 0.25) is 0 Å². The molecule has 0 aliphatic rings. The van der Waals surface area contributed by atoms with Crippen LogP contribution in [0.1, 0.15) is 12.8 Å². The molecule has 0 saturated carbocycles. The normalized spacial score (nSPS) is 11.6. The fourth-order valence-electron chi connectivity index (χ4n) is 3.12. The summed E-state index contributed by atoms with van der Waals surface area (Å²) in [5, 5.41) is 2.34. The highest BCUT2D eigenvalue weighted by molar-refractivity contribution is 6.95. The van der Waals surface area contributed by atoms with Crippen LogP contribution in [0.15, 0.2) is 110 Å². The second-order valence-electron chi connectivity index (χ2n) is 6.54. The zero-order valence-electron chi connectivity index (χ0n) is 16.6. The van der Waals surface area contributed by atoms with Gasteiger partial charge in [0.15, 0.2) is 0 Å². The molecule has 0 heterocycles. The molecule has 2 aromatic rings. The van der Waals surface area contributed by atoms with E-state index in [0.717, 1.165) is 12.8 Å². The summed E-state index contributed by atoms with van der Waals surface area (Å²) in [6, 6.07) is 20.5. The van der Waals surface area contributed by atoms with Crippen LogP contribution in [-0.2, 0) is 8.85 Å². The lowest BCUT2D eigenvalue weighted by Crippen LogP contribution is -2.48. The lowest BCUT2D eigenvalue weighted by Gasteiger charge is -2.26. The van der Waals surface area contributed by atoms with E-state index in [1.807, 2.05) is 59.2 Å². The van der Waals surface area contributed by atoms with Crippen LogP contribution in [0.5, 0.6) is 0 Å². The van der Waals surface area contributed by atoms with Gasteiger partial charge in [0, 0.05) is 13.2 Å². The number of unbranched alkanes of at least 4 members (excludes halogenated alkanes) is 1. The molecule has 0 aromatic heterocycles. The molecule has 0 aliphatic heterocycles. The Morgan fingerprint density at radius 3 is 1.18 bits per heavy atom. The van der Waals surface area contributed by atoms with Gasteiger partial charge in [-0.2, -0.15) is 0 Å². The van der Waals surface area contributed by atoms with Crippen molar-refractivity contribution in [3.8, 4) is 0 Å². The van der Waals surface area contributed by atoms with Crippen molar-refractivity contribution in [1.82, 2.24) is 0 Å². The molecule has 0 amide bonds. The summed E-state index contributed by atoms with van der Waals surface area (Å²) < 4.78 is 12.6. The Labute approximate surface area is 171 Å². The molecule has 4 heteroatoms. The molecular formula is C24H30O2Si2. The van der Waals surface area contributed by atoms with Crippen molar-refractivity contribution in [3.05, 3.63) is 110 Å². The summed E-state index contributed by atoms with van der Waals surface area (Å²) in [5.74, 6) is 0. The summed E-state index contributed by atoms with van der Waals surface area (Å²) in [6.45, 7) is 17.3. The Morgan fingerprint density at radius 2 is 0.893 bits per heavy atom. The van der Waals surface area contributed by atoms with Gasteiger partial charge in [0.1, 0.15) is 0 Å². The van der Waals surface area contributed by atoms with E-state index >= 15 is 0 Å². The topological polar surface area (TPSA) is 18.5 Å². The fraction of sp³-hybridized carbons (Fsp3) is 0.167. The van der Waals surface area contributed by atoms with Crippen molar-refractivity contribution < 1.29 is 8.85 Å². The van der Waals surface area contributed by atoms with E-state index < -0.39 is 16.6 Å². The first-order chi connectivity index (χ1) is 13.7. The first kappa shape index (κ1) is 22.0. The van der Waals surface area contributed by atoms with Crippen LogP contribution in [0.25, 0.3) is 0 Å². The van der Waals surface area contributed by atoms with Gasteiger partial charge in [-0.05, 0) is 23.2 Å².